The lowest BCUT2D eigenvalue weighted by atomic mass is 9.82. The summed E-state index contributed by atoms with van der Waals surface area (Å²) in [6.07, 6.45) is 0. The van der Waals surface area contributed by atoms with Gasteiger partial charge in [0.15, 0.2) is 0 Å². The first-order valence-electron chi connectivity index (χ1n) is 20.4. The smallest absolute Gasteiger partial charge is 0.146 e. The molecule has 2 heteroatoms. The van der Waals surface area contributed by atoms with Gasteiger partial charge in [-0.2, -0.15) is 0 Å². The summed E-state index contributed by atoms with van der Waals surface area (Å²) in [5.74, 6) is 0. The summed E-state index contributed by atoms with van der Waals surface area (Å²) in [4.78, 5) is 5.11. The van der Waals surface area contributed by atoms with E-state index in [2.05, 4.69) is 211 Å². The van der Waals surface area contributed by atoms with Crippen LogP contribution >= 0.6 is 0 Å². The fraction of sp³-hybridized carbons (Fsp3) is 0. The molecule has 2 heterocycles. The molecule has 13 rings (SSSR count). The fourth-order valence-electron chi connectivity index (χ4n) is 10.2. The molecule has 1 aliphatic carbocycles. The van der Waals surface area contributed by atoms with Gasteiger partial charge in [-0.1, -0.05) is 176 Å². The minimum atomic E-state index is 0.996. The van der Waals surface area contributed by atoms with Crippen LogP contribution in [0, 0.1) is 0 Å². The SMILES string of the molecule is c1ccc(-c2c3c(c(-c4ccccc4)c4ccccc24)-c2ccc(-c4ccc(-c5ccc6c(c5)c5ccccc5n5c7ccccc7nc65)cc4)c4cccc-3c24)cc1. The molecule has 0 saturated heterocycles. The van der Waals surface area contributed by atoms with Crippen LogP contribution in [0.2, 0.25) is 0 Å². The summed E-state index contributed by atoms with van der Waals surface area (Å²) in [6.45, 7) is 0. The molecule has 12 aromatic rings. The van der Waals surface area contributed by atoms with Crippen molar-refractivity contribution in [2.75, 3.05) is 0 Å². The first-order valence-corrected chi connectivity index (χ1v) is 20.4. The van der Waals surface area contributed by atoms with Crippen LogP contribution in [0.15, 0.2) is 206 Å². The number of fused-ring (bicyclic) bond motifs is 12. The van der Waals surface area contributed by atoms with Crippen LogP contribution in [-0.4, -0.2) is 9.38 Å². The molecule has 0 unspecified atom stereocenters. The third-order valence-electron chi connectivity index (χ3n) is 12.7. The second-order valence-electron chi connectivity index (χ2n) is 15.8. The number of pyridine rings is 1. The van der Waals surface area contributed by atoms with Gasteiger partial charge in [0, 0.05) is 10.8 Å². The number of imidazole rings is 1. The van der Waals surface area contributed by atoms with Crippen molar-refractivity contribution in [1.29, 1.82) is 0 Å². The van der Waals surface area contributed by atoms with Gasteiger partial charge in [-0.25, -0.2) is 4.98 Å². The van der Waals surface area contributed by atoms with Crippen molar-refractivity contribution in [3.63, 3.8) is 0 Å². The summed E-state index contributed by atoms with van der Waals surface area (Å²) in [5.41, 5.74) is 19.5. The summed E-state index contributed by atoms with van der Waals surface area (Å²) < 4.78 is 2.31. The van der Waals surface area contributed by atoms with E-state index < -0.39 is 0 Å². The van der Waals surface area contributed by atoms with Gasteiger partial charge in [0.25, 0.3) is 0 Å². The monoisotopic (exact) mass is 746 g/mol. The van der Waals surface area contributed by atoms with E-state index in [9.17, 15) is 0 Å². The van der Waals surface area contributed by atoms with Gasteiger partial charge in [0.05, 0.1) is 16.6 Å². The summed E-state index contributed by atoms with van der Waals surface area (Å²) in [5, 5.41) is 8.77. The summed E-state index contributed by atoms with van der Waals surface area (Å²) >= 11 is 0. The Kier molecular flexibility index (Phi) is 6.76. The van der Waals surface area contributed by atoms with Gasteiger partial charge in [0.2, 0.25) is 0 Å². The molecule has 272 valence electrons. The largest absolute Gasteiger partial charge is 0.292 e. The fourth-order valence-corrected chi connectivity index (χ4v) is 10.2. The molecule has 2 aromatic heterocycles. The van der Waals surface area contributed by atoms with E-state index in [1.54, 1.807) is 0 Å². The van der Waals surface area contributed by atoms with E-state index in [0.29, 0.717) is 0 Å². The highest BCUT2D eigenvalue weighted by Crippen LogP contribution is 2.58. The molecule has 1 aliphatic rings. The topological polar surface area (TPSA) is 17.3 Å². The van der Waals surface area contributed by atoms with E-state index in [4.69, 9.17) is 4.98 Å². The highest BCUT2D eigenvalue weighted by molar-refractivity contribution is 6.29. The molecule has 0 saturated carbocycles. The lowest BCUT2D eigenvalue weighted by molar-refractivity contribution is 1.31. The van der Waals surface area contributed by atoms with Crippen molar-refractivity contribution in [1.82, 2.24) is 9.38 Å². The lowest BCUT2D eigenvalue weighted by Crippen LogP contribution is -1.93. The van der Waals surface area contributed by atoms with E-state index in [0.717, 1.165) is 22.1 Å². The molecule has 0 N–H and O–H groups in total. The maximum absolute atomic E-state index is 5.11. The minimum absolute atomic E-state index is 0.996. The third kappa shape index (κ3) is 4.60. The molecule has 0 radical (unpaired) electrons. The summed E-state index contributed by atoms with van der Waals surface area (Å²) in [6, 6.07) is 75.7. The first kappa shape index (κ1) is 32.3. The lowest BCUT2D eigenvalue weighted by Gasteiger charge is -2.20. The molecule has 0 fully saturated rings. The molecule has 0 spiro atoms. The van der Waals surface area contributed by atoms with Crippen molar-refractivity contribution in [3.05, 3.63) is 206 Å². The van der Waals surface area contributed by atoms with Gasteiger partial charge in [-0.3, -0.25) is 4.40 Å². The number of aromatic nitrogens is 2. The quantitative estimate of drug-likeness (QED) is 0.164. The maximum Gasteiger partial charge on any atom is 0.146 e. The number of hydrogen-bond acceptors (Lipinski definition) is 1. The van der Waals surface area contributed by atoms with Gasteiger partial charge >= 0.3 is 0 Å². The molecule has 59 heavy (non-hydrogen) atoms. The molecule has 0 atom stereocenters. The van der Waals surface area contributed by atoms with Crippen LogP contribution in [0.4, 0.5) is 0 Å². The van der Waals surface area contributed by atoms with Crippen molar-refractivity contribution < 1.29 is 0 Å². The van der Waals surface area contributed by atoms with E-state index >= 15 is 0 Å². The number of nitrogens with zero attached hydrogens (tertiary/aromatic N) is 2. The predicted molar refractivity (Wildman–Crippen MR) is 249 cm³/mol. The number of para-hydroxylation sites is 3. The Morgan fingerprint density at radius 1 is 0.288 bits per heavy atom. The molecular weight excluding hydrogens is 713 g/mol. The standard InChI is InChI=1S/C57H34N2/c1-3-14-37(15-4-1)52-43-19-7-8-20-44(43)53(38-16-5-2-6-17-38)56-47-33-32-40(42-21-13-22-46(54(42)47)55(52)56)36-28-26-35(27-29-36)39-30-31-45-48(34-39)41-18-9-11-24-50(41)59-51-25-12-10-23-49(51)58-57(45)59/h1-34H. The highest BCUT2D eigenvalue weighted by atomic mass is 15.0. The van der Waals surface area contributed by atoms with Crippen molar-refractivity contribution >= 4 is 59.9 Å². The normalized spacial score (nSPS) is 12.1. The third-order valence-corrected chi connectivity index (χ3v) is 12.7. The van der Waals surface area contributed by atoms with Gasteiger partial charge in [-0.05, 0) is 124 Å². The molecule has 0 aliphatic heterocycles. The average molecular weight is 747 g/mol. The van der Waals surface area contributed by atoms with Crippen molar-refractivity contribution in [2.24, 2.45) is 0 Å². The molecule has 0 amide bonds. The van der Waals surface area contributed by atoms with Crippen LogP contribution in [0.3, 0.4) is 0 Å². The maximum atomic E-state index is 5.11. The second kappa shape index (κ2) is 12.3. The number of hydrogen-bond donors (Lipinski definition) is 0. The average Bonchev–Trinajstić information content (AvgIpc) is 3.86. The molecular formula is C57H34N2. The Bertz CT molecular complexity index is 3600. The Morgan fingerprint density at radius 2 is 0.831 bits per heavy atom. The molecule has 2 nitrogen and oxygen atoms in total. The Labute approximate surface area is 340 Å². The van der Waals surface area contributed by atoms with Gasteiger partial charge in [-0.15, -0.1) is 0 Å². The zero-order chi connectivity index (χ0) is 38.6. The minimum Gasteiger partial charge on any atom is -0.292 e. The van der Waals surface area contributed by atoms with Gasteiger partial charge < -0.3 is 0 Å². The van der Waals surface area contributed by atoms with Crippen molar-refractivity contribution in [2.45, 2.75) is 0 Å². The van der Waals surface area contributed by atoms with E-state index in [1.807, 2.05) is 0 Å². The zero-order valence-corrected chi connectivity index (χ0v) is 32.0. The molecule has 0 bridgehead atoms. The van der Waals surface area contributed by atoms with Gasteiger partial charge in [0.1, 0.15) is 5.65 Å². The number of rotatable bonds is 4. The molecule has 10 aromatic carbocycles. The van der Waals surface area contributed by atoms with Crippen LogP contribution in [0.25, 0.3) is 127 Å². The van der Waals surface area contributed by atoms with E-state index in [-0.39, 0.29) is 0 Å². The van der Waals surface area contributed by atoms with Crippen LogP contribution in [-0.2, 0) is 0 Å². The van der Waals surface area contributed by atoms with Crippen LogP contribution < -0.4 is 0 Å². The van der Waals surface area contributed by atoms with E-state index in [1.165, 1.54) is 105 Å². The van der Waals surface area contributed by atoms with Crippen molar-refractivity contribution in [3.8, 4) is 66.8 Å². The Hall–Kier alpha value is -7.81. The number of benzene rings is 10. The second-order valence-corrected chi connectivity index (χ2v) is 15.8. The van der Waals surface area contributed by atoms with Crippen LogP contribution in [0.5, 0.6) is 0 Å². The zero-order valence-electron chi connectivity index (χ0n) is 32.0. The first-order chi connectivity index (χ1) is 29.3. The Balaban J connectivity index is 0.983. The Morgan fingerprint density at radius 3 is 1.54 bits per heavy atom. The highest BCUT2D eigenvalue weighted by Gasteiger charge is 2.31. The predicted octanol–water partition coefficient (Wildman–Crippen LogP) is 15.4. The van der Waals surface area contributed by atoms with Crippen LogP contribution in [0.1, 0.15) is 0 Å². The summed E-state index contributed by atoms with van der Waals surface area (Å²) in [7, 11) is 0.